The molecule has 1 saturated heterocycles. The highest BCUT2D eigenvalue weighted by Gasteiger charge is 2.54. The fraction of sp³-hybridized carbons (Fsp3) is 0.476. The Morgan fingerprint density at radius 1 is 1.39 bits per heavy atom. The van der Waals surface area contributed by atoms with E-state index >= 15 is 0 Å². The van der Waals surface area contributed by atoms with Gasteiger partial charge in [-0.1, -0.05) is 30.0 Å². The molecule has 2 aromatic rings. The van der Waals surface area contributed by atoms with Crippen LogP contribution in [0.5, 0.6) is 0 Å². The Morgan fingerprint density at radius 3 is 2.82 bits per heavy atom. The zero-order chi connectivity index (χ0) is 27.6. The van der Waals surface area contributed by atoms with Crippen LogP contribution in [0.15, 0.2) is 31.5 Å². The quantitative estimate of drug-likeness (QED) is 0.242. The van der Waals surface area contributed by atoms with E-state index in [1.165, 1.54) is 45.1 Å². The van der Waals surface area contributed by atoms with E-state index in [0.717, 1.165) is 11.3 Å². The van der Waals surface area contributed by atoms with Gasteiger partial charge in [0, 0.05) is 16.9 Å². The Bertz CT molecular complexity index is 1340. The van der Waals surface area contributed by atoms with Gasteiger partial charge in [-0.15, -0.1) is 38.3 Å². The first kappa shape index (κ1) is 28.3. The maximum absolute atomic E-state index is 12.9. The number of hydrogen-bond acceptors (Lipinski definition) is 12. The molecule has 3 atom stereocenters. The highest BCUT2D eigenvalue weighted by Crippen LogP contribution is 2.41. The molecule has 3 amide bonds. The molecule has 17 heteroatoms. The van der Waals surface area contributed by atoms with Crippen LogP contribution >= 0.6 is 46.2 Å². The van der Waals surface area contributed by atoms with Crippen LogP contribution in [0.2, 0.25) is 0 Å². The van der Waals surface area contributed by atoms with E-state index in [4.69, 9.17) is 4.74 Å². The van der Waals surface area contributed by atoms with Crippen molar-refractivity contribution in [3.8, 4) is 0 Å². The lowest BCUT2D eigenvalue weighted by Gasteiger charge is -2.49. The Balaban J connectivity index is 1.40. The number of ether oxygens (including phenoxy) is 1. The third-order valence-corrected chi connectivity index (χ3v) is 9.83. The van der Waals surface area contributed by atoms with Crippen LogP contribution in [0.4, 0.5) is 4.79 Å². The molecule has 0 aliphatic carbocycles. The number of carboxylic acids is 1. The predicted molar refractivity (Wildman–Crippen MR) is 140 cm³/mol. The van der Waals surface area contributed by atoms with Crippen LogP contribution in [-0.4, -0.2) is 82.7 Å². The first-order valence-corrected chi connectivity index (χ1v) is 15.0. The molecule has 0 aromatic carbocycles. The SMILES string of the molecule is CCC(C)(C)OC(=O)N=c1[nH]c(C(O)C(=O)NC2C(=O)N3C(C(=O)O)=C(CSc4nncs4)CS[C@H]23)cs1. The van der Waals surface area contributed by atoms with Crippen LogP contribution in [0, 0.1) is 0 Å². The Kier molecular flexibility index (Phi) is 8.61. The fourth-order valence-corrected chi connectivity index (χ4v) is 7.15. The summed E-state index contributed by atoms with van der Waals surface area (Å²) in [6.45, 7) is 5.37. The van der Waals surface area contributed by atoms with E-state index in [1.807, 2.05) is 6.92 Å². The molecule has 4 N–H and O–H groups in total. The van der Waals surface area contributed by atoms with Crippen LogP contribution in [0.3, 0.4) is 0 Å². The molecule has 0 saturated carbocycles. The van der Waals surface area contributed by atoms with Gasteiger partial charge in [-0.3, -0.25) is 14.5 Å². The first-order chi connectivity index (χ1) is 18.0. The summed E-state index contributed by atoms with van der Waals surface area (Å²) in [7, 11) is 0. The van der Waals surface area contributed by atoms with Gasteiger partial charge in [-0.05, 0) is 25.8 Å². The zero-order valence-electron chi connectivity index (χ0n) is 20.4. The number of nitrogens with one attached hydrogen (secondary N) is 2. The summed E-state index contributed by atoms with van der Waals surface area (Å²) in [4.78, 5) is 57.4. The lowest BCUT2D eigenvalue weighted by Crippen LogP contribution is -2.70. The Morgan fingerprint density at radius 2 is 2.16 bits per heavy atom. The average Bonchev–Trinajstić information content (AvgIpc) is 3.56. The van der Waals surface area contributed by atoms with Gasteiger partial charge in [-0.2, -0.15) is 0 Å². The van der Waals surface area contributed by atoms with Gasteiger partial charge in [0.15, 0.2) is 15.2 Å². The number of carbonyl (C=O) groups is 4. The standard InChI is InChI=1S/C21H24N6O7S4/c1-4-21(2,3)34-19(33)25-18-23-10(7-36-18)13(28)14(29)24-11-15(30)27-12(17(31)32)9(5-35-16(11)27)6-37-20-26-22-8-38-20/h7-8,11,13,16,28H,4-6H2,1-3H3,(H,24,29)(H,31,32)(H,23,25,33)/t11?,13?,16-/m1/s1. The van der Waals surface area contributed by atoms with Gasteiger partial charge >= 0.3 is 12.1 Å². The van der Waals surface area contributed by atoms with Crippen molar-refractivity contribution in [3.05, 3.63) is 32.7 Å². The lowest BCUT2D eigenvalue weighted by atomic mass is 10.0. The van der Waals surface area contributed by atoms with Crippen LogP contribution < -0.4 is 10.1 Å². The number of fused-ring (bicyclic) bond motifs is 1. The molecule has 4 heterocycles. The van der Waals surface area contributed by atoms with Crippen LogP contribution in [0.25, 0.3) is 0 Å². The molecule has 0 spiro atoms. The number of amides is 3. The molecule has 2 unspecified atom stereocenters. The molecule has 13 nitrogen and oxygen atoms in total. The van der Waals surface area contributed by atoms with Gasteiger partial charge in [0.05, 0.1) is 5.69 Å². The van der Waals surface area contributed by atoms with Crippen molar-refractivity contribution < 1.29 is 34.1 Å². The van der Waals surface area contributed by atoms with Gasteiger partial charge in [0.25, 0.3) is 11.8 Å². The topological polar surface area (TPSA) is 187 Å². The number of carboxylic acid groups (broad SMARTS) is 1. The number of aromatic nitrogens is 3. The number of rotatable bonds is 9. The van der Waals surface area contributed by atoms with Gasteiger partial charge in [0.1, 0.15) is 28.2 Å². The van der Waals surface area contributed by atoms with Crippen LogP contribution in [-0.2, 0) is 19.1 Å². The van der Waals surface area contributed by atoms with Crippen molar-refractivity contribution >= 4 is 70.1 Å². The molecule has 4 rings (SSSR count). The second-order valence-corrected chi connectivity index (χ2v) is 12.8. The average molecular weight is 601 g/mol. The van der Waals surface area contributed by atoms with Gasteiger partial charge < -0.3 is 25.3 Å². The van der Waals surface area contributed by atoms with Gasteiger partial charge in [0.2, 0.25) is 0 Å². The number of hydrogen-bond donors (Lipinski definition) is 4. The monoisotopic (exact) mass is 600 g/mol. The minimum absolute atomic E-state index is 0.0795. The van der Waals surface area contributed by atoms with Crippen molar-refractivity contribution in [2.75, 3.05) is 11.5 Å². The van der Waals surface area contributed by atoms with Crippen molar-refractivity contribution in [1.82, 2.24) is 25.4 Å². The molecule has 0 radical (unpaired) electrons. The number of thioether (sulfide) groups is 2. The second kappa shape index (κ2) is 11.6. The number of aliphatic hydroxyl groups is 1. The molecule has 2 aromatic heterocycles. The first-order valence-electron chi connectivity index (χ1n) is 11.2. The molecule has 204 valence electrons. The summed E-state index contributed by atoms with van der Waals surface area (Å²) in [5.74, 6) is -1.97. The van der Waals surface area contributed by atoms with E-state index in [9.17, 15) is 29.4 Å². The van der Waals surface area contributed by atoms with Crippen molar-refractivity contribution in [2.45, 2.75) is 54.7 Å². The number of β-lactam (4-membered cyclic amide) rings is 1. The number of H-pyrrole nitrogens is 1. The summed E-state index contributed by atoms with van der Waals surface area (Å²) in [5.41, 5.74) is 1.44. The minimum Gasteiger partial charge on any atom is -0.477 e. The number of carbonyl (C=O) groups excluding carboxylic acids is 3. The third kappa shape index (κ3) is 6.12. The van der Waals surface area contributed by atoms with E-state index in [-0.39, 0.29) is 16.2 Å². The van der Waals surface area contributed by atoms with Crippen molar-refractivity contribution in [3.63, 3.8) is 0 Å². The summed E-state index contributed by atoms with van der Waals surface area (Å²) in [6.07, 6.45) is -1.88. The molecule has 2 aliphatic heterocycles. The second-order valence-electron chi connectivity index (χ2n) is 8.76. The normalized spacial score (nSPS) is 20.6. The predicted octanol–water partition coefficient (Wildman–Crippen LogP) is 1.72. The maximum atomic E-state index is 12.9. The van der Waals surface area contributed by atoms with E-state index in [0.29, 0.717) is 27.8 Å². The van der Waals surface area contributed by atoms with Crippen molar-refractivity contribution in [1.29, 1.82) is 0 Å². The molecule has 1 fully saturated rings. The highest BCUT2D eigenvalue weighted by molar-refractivity contribution is 8.01. The minimum atomic E-state index is -1.66. The number of nitrogens with zero attached hydrogens (tertiary/aromatic N) is 4. The zero-order valence-corrected chi connectivity index (χ0v) is 23.6. The molecule has 38 heavy (non-hydrogen) atoms. The Labute approximate surface area is 232 Å². The molecule has 2 aliphatic rings. The summed E-state index contributed by atoms with van der Waals surface area (Å²) < 4.78 is 5.94. The Hall–Kier alpha value is -2.73. The summed E-state index contributed by atoms with van der Waals surface area (Å²) in [6, 6.07) is -0.997. The number of aliphatic hydroxyl groups excluding tert-OH is 1. The third-order valence-electron chi connectivity index (χ3n) is 5.76. The number of thiazole rings is 1. The number of aliphatic carboxylic acids is 1. The lowest BCUT2D eigenvalue weighted by molar-refractivity contribution is -0.151. The van der Waals surface area contributed by atoms with E-state index < -0.39 is 47.0 Å². The fourth-order valence-electron chi connectivity index (χ4n) is 3.45. The van der Waals surface area contributed by atoms with Crippen molar-refractivity contribution in [2.24, 2.45) is 4.99 Å². The van der Waals surface area contributed by atoms with Gasteiger partial charge in [-0.25, -0.2) is 9.59 Å². The van der Waals surface area contributed by atoms with E-state index in [2.05, 4.69) is 25.5 Å². The molecular formula is C21H24N6O7S4. The molecule has 0 bridgehead atoms. The number of aromatic amines is 1. The summed E-state index contributed by atoms with van der Waals surface area (Å²) in [5, 5.41) is 31.3. The summed E-state index contributed by atoms with van der Waals surface area (Å²) >= 11 is 5.00. The highest BCUT2D eigenvalue weighted by atomic mass is 32.2. The van der Waals surface area contributed by atoms with Crippen LogP contribution in [0.1, 0.15) is 39.0 Å². The smallest absolute Gasteiger partial charge is 0.436 e. The molecular weight excluding hydrogens is 577 g/mol. The van der Waals surface area contributed by atoms with E-state index in [1.54, 1.807) is 19.4 Å². The maximum Gasteiger partial charge on any atom is 0.436 e. The largest absolute Gasteiger partial charge is 0.477 e.